The Morgan fingerprint density at radius 1 is 1.40 bits per heavy atom. The molecule has 0 spiro atoms. The Hall–Kier alpha value is -2.71. The van der Waals surface area contributed by atoms with Gasteiger partial charge in [-0.2, -0.15) is 13.2 Å². The van der Waals surface area contributed by atoms with Gasteiger partial charge in [0.05, 0.1) is 12.5 Å². The Balaban J connectivity index is 1.57. The number of hydrogen-bond donors (Lipinski definition) is 1. The first-order valence-corrected chi connectivity index (χ1v) is 7.77. The summed E-state index contributed by atoms with van der Waals surface area (Å²) < 4.78 is 40.0. The van der Waals surface area contributed by atoms with Crippen LogP contribution in [0, 0.1) is 5.92 Å². The summed E-state index contributed by atoms with van der Waals surface area (Å²) in [5, 5.41) is 10.4. The third-order valence-electron chi connectivity index (χ3n) is 4.03. The van der Waals surface area contributed by atoms with Crippen LogP contribution in [0.25, 0.3) is 6.08 Å². The minimum Gasteiger partial charge on any atom is -0.345 e. The zero-order valence-electron chi connectivity index (χ0n) is 13.2. The summed E-state index contributed by atoms with van der Waals surface area (Å²) in [6.07, 6.45) is 1.84. The van der Waals surface area contributed by atoms with Gasteiger partial charge in [-0.25, -0.2) is 0 Å². The summed E-state index contributed by atoms with van der Waals surface area (Å²) in [5.74, 6) is -0.943. The van der Waals surface area contributed by atoms with E-state index in [2.05, 4.69) is 20.5 Å². The quantitative estimate of drug-likeness (QED) is 0.857. The van der Waals surface area contributed by atoms with E-state index in [4.69, 9.17) is 0 Å². The molecule has 1 N–H and O–H groups in total. The molecule has 1 unspecified atom stereocenters. The number of hydrogen-bond acceptors (Lipinski definition) is 4. The minimum absolute atomic E-state index is 0.00358. The number of halogens is 3. The molecule has 0 radical (unpaired) electrons. The Kier molecular flexibility index (Phi) is 4.82. The number of pyridine rings is 1. The van der Waals surface area contributed by atoms with Gasteiger partial charge in [-0.15, -0.1) is 10.2 Å². The molecule has 0 saturated heterocycles. The molecule has 3 heterocycles. The molecule has 1 amide bonds. The molecule has 132 valence electrons. The standard InChI is InChI=1S/C16H16F3N5O/c17-16(18,19)12-5-7-24-13(8-12)22-23-14(24)10-21-15(25)4-3-11-2-1-6-20-9-11/h1-4,6,9,12H,5,7-8,10H2,(H,21,25)/b4-3+. The SMILES string of the molecule is O=C(/C=C/c1cccnc1)NCc1nnc2n1CCC(C(F)(F)F)C2. The number of aromatic nitrogens is 4. The molecule has 0 saturated carbocycles. The predicted molar refractivity (Wildman–Crippen MR) is 83.0 cm³/mol. The number of fused-ring (bicyclic) bond motifs is 1. The van der Waals surface area contributed by atoms with Crippen LogP contribution in [0.4, 0.5) is 13.2 Å². The molecule has 2 aromatic rings. The Bertz CT molecular complexity index is 770. The monoisotopic (exact) mass is 351 g/mol. The molecule has 1 aliphatic heterocycles. The van der Waals surface area contributed by atoms with E-state index < -0.39 is 12.1 Å². The van der Waals surface area contributed by atoms with E-state index in [1.807, 2.05) is 6.07 Å². The highest BCUT2D eigenvalue weighted by Crippen LogP contribution is 2.34. The van der Waals surface area contributed by atoms with Gasteiger partial charge in [0.25, 0.3) is 0 Å². The topological polar surface area (TPSA) is 72.7 Å². The third kappa shape index (κ3) is 4.23. The Morgan fingerprint density at radius 3 is 2.96 bits per heavy atom. The molecular formula is C16H16F3N5O. The van der Waals surface area contributed by atoms with Gasteiger partial charge in [0, 0.05) is 31.4 Å². The zero-order valence-corrected chi connectivity index (χ0v) is 13.2. The third-order valence-corrected chi connectivity index (χ3v) is 4.03. The van der Waals surface area contributed by atoms with Crippen molar-refractivity contribution in [3.63, 3.8) is 0 Å². The van der Waals surface area contributed by atoms with Crippen molar-refractivity contribution in [1.82, 2.24) is 25.1 Å². The van der Waals surface area contributed by atoms with Gasteiger partial charge < -0.3 is 9.88 Å². The van der Waals surface area contributed by atoms with Crippen LogP contribution in [-0.2, 0) is 24.3 Å². The smallest absolute Gasteiger partial charge is 0.345 e. The van der Waals surface area contributed by atoms with E-state index in [1.165, 1.54) is 6.08 Å². The molecule has 1 aliphatic rings. The summed E-state index contributed by atoms with van der Waals surface area (Å²) >= 11 is 0. The van der Waals surface area contributed by atoms with Crippen LogP contribution in [0.1, 0.15) is 23.6 Å². The molecule has 0 bridgehead atoms. The van der Waals surface area contributed by atoms with Crippen molar-refractivity contribution in [2.45, 2.75) is 32.1 Å². The van der Waals surface area contributed by atoms with Crippen molar-refractivity contribution >= 4 is 12.0 Å². The Labute approximate surface area is 141 Å². The second-order valence-corrected chi connectivity index (χ2v) is 5.75. The number of carbonyl (C=O) groups is 1. The molecule has 3 rings (SSSR count). The van der Waals surface area contributed by atoms with Crippen LogP contribution >= 0.6 is 0 Å². The minimum atomic E-state index is -4.22. The molecule has 25 heavy (non-hydrogen) atoms. The number of carbonyl (C=O) groups excluding carboxylic acids is 1. The first-order chi connectivity index (χ1) is 11.9. The van der Waals surface area contributed by atoms with Gasteiger partial charge in [-0.05, 0) is 24.1 Å². The molecule has 2 aromatic heterocycles. The highest BCUT2D eigenvalue weighted by molar-refractivity contribution is 5.91. The number of nitrogens with zero attached hydrogens (tertiary/aromatic N) is 4. The average molecular weight is 351 g/mol. The van der Waals surface area contributed by atoms with Crippen LogP contribution in [-0.4, -0.2) is 31.8 Å². The van der Waals surface area contributed by atoms with E-state index >= 15 is 0 Å². The second-order valence-electron chi connectivity index (χ2n) is 5.75. The molecule has 0 aromatic carbocycles. The number of nitrogens with one attached hydrogen (secondary N) is 1. The van der Waals surface area contributed by atoms with Crippen molar-refractivity contribution in [3.8, 4) is 0 Å². The fourth-order valence-electron chi connectivity index (χ4n) is 2.67. The van der Waals surface area contributed by atoms with Crippen molar-refractivity contribution in [1.29, 1.82) is 0 Å². The van der Waals surface area contributed by atoms with Crippen LogP contribution in [0.5, 0.6) is 0 Å². The lowest BCUT2D eigenvalue weighted by Crippen LogP contribution is -2.32. The van der Waals surface area contributed by atoms with Gasteiger partial charge in [-0.1, -0.05) is 6.07 Å². The van der Waals surface area contributed by atoms with Crippen molar-refractivity contribution in [2.24, 2.45) is 5.92 Å². The molecule has 0 fully saturated rings. The Morgan fingerprint density at radius 2 is 2.24 bits per heavy atom. The zero-order chi connectivity index (χ0) is 17.9. The highest BCUT2D eigenvalue weighted by Gasteiger charge is 2.42. The van der Waals surface area contributed by atoms with Crippen molar-refractivity contribution < 1.29 is 18.0 Å². The average Bonchev–Trinajstić information content (AvgIpc) is 3.00. The number of amides is 1. The van der Waals surface area contributed by atoms with Crippen molar-refractivity contribution in [2.75, 3.05) is 0 Å². The van der Waals surface area contributed by atoms with Crippen LogP contribution in [0.3, 0.4) is 0 Å². The van der Waals surface area contributed by atoms with Crippen LogP contribution in [0.2, 0.25) is 0 Å². The fraction of sp³-hybridized carbons (Fsp3) is 0.375. The van der Waals surface area contributed by atoms with E-state index in [9.17, 15) is 18.0 Å². The fourth-order valence-corrected chi connectivity index (χ4v) is 2.67. The molecule has 9 heteroatoms. The maximum Gasteiger partial charge on any atom is 0.392 e. The molecular weight excluding hydrogens is 335 g/mol. The molecule has 0 aliphatic carbocycles. The van der Waals surface area contributed by atoms with Gasteiger partial charge in [-0.3, -0.25) is 9.78 Å². The van der Waals surface area contributed by atoms with Gasteiger partial charge in [0.1, 0.15) is 5.82 Å². The summed E-state index contributed by atoms with van der Waals surface area (Å²) in [4.78, 5) is 15.8. The van der Waals surface area contributed by atoms with E-state index in [-0.39, 0.29) is 31.8 Å². The maximum atomic E-state index is 12.8. The lowest BCUT2D eigenvalue weighted by molar-refractivity contribution is -0.179. The first-order valence-electron chi connectivity index (χ1n) is 7.77. The van der Waals surface area contributed by atoms with Gasteiger partial charge in [0.2, 0.25) is 5.91 Å². The largest absolute Gasteiger partial charge is 0.392 e. The second kappa shape index (κ2) is 7.04. The van der Waals surface area contributed by atoms with Crippen LogP contribution in [0.15, 0.2) is 30.6 Å². The lowest BCUT2D eigenvalue weighted by Gasteiger charge is -2.25. The number of alkyl halides is 3. The maximum absolute atomic E-state index is 12.8. The molecule has 1 atom stereocenters. The summed E-state index contributed by atoms with van der Waals surface area (Å²) in [7, 11) is 0. The van der Waals surface area contributed by atoms with Gasteiger partial charge >= 0.3 is 6.18 Å². The normalized spacial score (nSPS) is 17.5. The summed E-state index contributed by atoms with van der Waals surface area (Å²) in [6, 6.07) is 3.57. The number of rotatable bonds is 4. The summed E-state index contributed by atoms with van der Waals surface area (Å²) in [5.41, 5.74) is 0.788. The highest BCUT2D eigenvalue weighted by atomic mass is 19.4. The first kappa shape index (κ1) is 17.1. The van der Waals surface area contributed by atoms with Crippen molar-refractivity contribution in [3.05, 3.63) is 47.8 Å². The summed E-state index contributed by atoms with van der Waals surface area (Å²) in [6.45, 7) is 0.309. The van der Waals surface area contributed by atoms with E-state index in [0.717, 1.165) is 5.56 Å². The van der Waals surface area contributed by atoms with E-state index in [0.29, 0.717) is 11.6 Å². The van der Waals surface area contributed by atoms with Gasteiger partial charge in [0.15, 0.2) is 5.82 Å². The lowest BCUT2D eigenvalue weighted by atomic mass is 9.97. The predicted octanol–water partition coefficient (Wildman–Crippen LogP) is 2.13. The van der Waals surface area contributed by atoms with E-state index in [1.54, 1.807) is 29.1 Å². The van der Waals surface area contributed by atoms with Crippen LogP contribution < -0.4 is 5.32 Å². The molecule has 6 nitrogen and oxygen atoms in total.